The first kappa shape index (κ1) is 18.7. The molecule has 0 aliphatic heterocycles. The molecule has 1 aliphatic carbocycles. The number of aromatic nitrogens is 4. The smallest absolute Gasteiger partial charge is 0.251 e. The minimum Gasteiger partial charge on any atom is -0.352 e. The predicted octanol–water partition coefficient (Wildman–Crippen LogP) is 2.18. The average Bonchev–Trinajstić information content (AvgIpc) is 3.29. The Morgan fingerprint density at radius 1 is 1.35 bits per heavy atom. The Kier molecular flexibility index (Phi) is 6.13. The Bertz CT molecular complexity index is 823. The van der Waals surface area contributed by atoms with Gasteiger partial charge in [-0.3, -0.25) is 9.59 Å². The summed E-state index contributed by atoms with van der Waals surface area (Å²) >= 11 is 1.63. The molecule has 0 unspecified atom stereocenters. The summed E-state index contributed by atoms with van der Waals surface area (Å²) in [6.45, 7) is 0.542. The lowest BCUT2D eigenvalue weighted by Crippen LogP contribution is -2.27. The van der Waals surface area contributed by atoms with Crippen LogP contribution in [0, 0.1) is 0 Å². The van der Waals surface area contributed by atoms with Crippen LogP contribution in [-0.2, 0) is 13.5 Å². The van der Waals surface area contributed by atoms with Crippen molar-refractivity contribution < 1.29 is 4.79 Å². The number of hydrogen-bond acceptors (Lipinski definition) is 5. The predicted molar refractivity (Wildman–Crippen MR) is 102 cm³/mol. The highest BCUT2D eigenvalue weighted by atomic mass is 32.2. The number of hydrogen-bond donors (Lipinski definition) is 1. The van der Waals surface area contributed by atoms with E-state index in [1.54, 1.807) is 31.1 Å². The second-order valence-corrected chi connectivity index (χ2v) is 7.41. The van der Waals surface area contributed by atoms with E-state index in [0.717, 1.165) is 23.8 Å². The molecule has 1 fully saturated rings. The summed E-state index contributed by atoms with van der Waals surface area (Å²) in [6, 6.07) is 3.52. The summed E-state index contributed by atoms with van der Waals surface area (Å²) in [4.78, 5) is 23.8. The van der Waals surface area contributed by atoms with Gasteiger partial charge in [0.15, 0.2) is 5.16 Å². The molecule has 0 spiro atoms. The van der Waals surface area contributed by atoms with Crippen molar-refractivity contribution in [2.24, 2.45) is 7.05 Å². The Hall–Kier alpha value is -2.09. The second-order valence-electron chi connectivity index (χ2n) is 6.64. The third-order valence-corrected chi connectivity index (χ3v) is 5.48. The first-order valence-corrected chi connectivity index (χ1v) is 10.2. The molecule has 1 saturated carbocycles. The zero-order valence-corrected chi connectivity index (χ0v) is 16.1. The van der Waals surface area contributed by atoms with Crippen LogP contribution in [0.1, 0.15) is 54.3 Å². The molecule has 1 N–H and O–H groups in total. The average molecular weight is 375 g/mol. The fourth-order valence-electron chi connectivity index (χ4n) is 3.39. The number of carbonyl (C=O) groups is 1. The minimum absolute atomic E-state index is 0.188. The van der Waals surface area contributed by atoms with E-state index >= 15 is 0 Å². The normalized spacial score (nSPS) is 14.7. The number of amides is 1. The number of nitrogens with zero attached hydrogens (tertiary/aromatic N) is 4. The largest absolute Gasteiger partial charge is 0.352 e. The minimum atomic E-state index is -0.218. The lowest BCUT2D eigenvalue weighted by atomic mass is 10.2. The molecule has 0 radical (unpaired) electrons. The van der Waals surface area contributed by atoms with E-state index in [4.69, 9.17) is 0 Å². The van der Waals surface area contributed by atoms with Gasteiger partial charge in [0.1, 0.15) is 5.82 Å². The van der Waals surface area contributed by atoms with Gasteiger partial charge in [0.05, 0.1) is 0 Å². The van der Waals surface area contributed by atoms with Crippen molar-refractivity contribution in [3.05, 3.63) is 40.1 Å². The van der Waals surface area contributed by atoms with Crippen LogP contribution in [0.15, 0.2) is 28.3 Å². The Morgan fingerprint density at radius 2 is 2.12 bits per heavy atom. The van der Waals surface area contributed by atoms with Crippen molar-refractivity contribution in [1.82, 2.24) is 24.6 Å². The number of aryl methyl sites for hydroxylation is 2. The molecule has 0 atom stereocenters. The number of thioether (sulfide) groups is 1. The molecule has 2 aromatic rings. The molecule has 2 aromatic heterocycles. The van der Waals surface area contributed by atoms with Gasteiger partial charge in [-0.05, 0) is 31.6 Å². The Labute approximate surface area is 157 Å². The summed E-state index contributed by atoms with van der Waals surface area (Å²) < 4.78 is 3.73. The van der Waals surface area contributed by atoms with Gasteiger partial charge in [0.25, 0.3) is 11.5 Å². The topological polar surface area (TPSA) is 81.8 Å². The van der Waals surface area contributed by atoms with Crippen LogP contribution in [-0.4, -0.2) is 38.0 Å². The molecule has 2 heterocycles. The highest BCUT2D eigenvalue weighted by Gasteiger charge is 2.23. The SMILES string of the molecule is CSc1nnc(CCCNC(=O)c2ccn(C)c(=O)c2)n1C1CCCC1. The van der Waals surface area contributed by atoms with Crippen LogP contribution >= 0.6 is 11.8 Å². The standard InChI is InChI=1S/C18H25N5O2S/c1-22-11-9-13(12-16(22)24)17(25)19-10-5-8-15-20-21-18(26-2)23(15)14-6-3-4-7-14/h9,11-12,14H,3-8,10H2,1-2H3,(H,19,25). The van der Waals surface area contributed by atoms with Gasteiger partial charge in [-0.2, -0.15) is 0 Å². The maximum Gasteiger partial charge on any atom is 0.251 e. The lowest BCUT2D eigenvalue weighted by molar-refractivity contribution is 0.0953. The third-order valence-electron chi connectivity index (χ3n) is 4.84. The fraction of sp³-hybridized carbons (Fsp3) is 0.556. The van der Waals surface area contributed by atoms with E-state index in [9.17, 15) is 9.59 Å². The van der Waals surface area contributed by atoms with Gasteiger partial charge in [0, 0.05) is 43.9 Å². The van der Waals surface area contributed by atoms with Crippen molar-refractivity contribution in [2.75, 3.05) is 12.8 Å². The molecule has 0 bridgehead atoms. The molecule has 8 heteroatoms. The van der Waals surface area contributed by atoms with Crippen LogP contribution in [0.2, 0.25) is 0 Å². The molecule has 3 rings (SSSR count). The molecule has 7 nitrogen and oxygen atoms in total. The summed E-state index contributed by atoms with van der Waals surface area (Å²) in [5.41, 5.74) is 0.207. The number of carbonyl (C=O) groups excluding carboxylic acids is 1. The van der Waals surface area contributed by atoms with Crippen LogP contribution in [0.25, 0.3) is 0 Å². The number of nitrogens with one attached hydrogen (secondary N) is 1. The third kappa shape index (κ3) is 4.17. The summed E-state index contributed by atoms with van der Waals surface area (Å²) in [6.07, 6.45) is 10.1. The fourth-order valence-corrected chi connectivity index (χ4v) is 3.96. The highest BCUT2D eigenvalue weighted by Crippen LogP contribution is 2.33. The molecule has 1 amide bonds. The molecule has 26 heavy (non-hydrogen) atoms. The van der Waals surface area contributed by atoms with E-state index in [2.05, 4.69) is 20.1 Å². The van der Waals surface area contributed by atoms with Gasteiger partial charge in [-0.15, -0.1) is 10.2 Å². The van der Waals surface area contributed by atoms with Crippen LogP contribution in [0.3, 0.4) is 0 Å². The molecular weight excluding hydrogens is 350 g/mol. The van der Waals surface area contributed by atoms with Crippen molar-refractivity contribution in [3.8, 4) is 0 Å². The number of rotatable bonds is 7. The monoisotopic (exact) mass is 375 g/mol. The van der Waals surface area contributed by atoms with Gasteiger partial charge >= 0.3 is 0 Å². The zero-order valence-electron chi connectivity index (χ0n) is 15.3. The maximum atomic E-state index is 12.2. The van der Waals surface area contributed by atoms with Crippen LogP contribution in [0.4, 0.5) is 0 Å². The van der Waals surface area contributed by atoms with E-state index < -0.39 is 0 Å². The molecule has 1 aliphatic rings. The number of pyridine rings is 1. The molecule has 140 valence electrons. The summed E-state index contributed by atoms with van der Waals surface area (Å²) in [5, 5.41) is 12.5. The first-order chi connectivity index (χ1) is 12.6. The van der Waals surface area contributed by atoms with E-state index in [1.807, 2.05) is 6.26 Å². The van der Waals surface area contributed by atoms with E-state index in [0.29, 0.717) is 18.2 Å². The van der Waals surface area contributed by atoms with Crippen molar-refractivity contribution in [2.45, 2.75) is 49.7 Å². The van der Waals surface area contributed by atoms with Crippen molar-refractivity contribution in [1.29, 1.82) is 0 Å². The zero-order chi connectivity index (χ0) is 18.5. The van der Waals surface area contributed by atoms with Crippen molar-refractivity contribution >= 4 is 17.7 Å². The first-order valence-electron chi connectivity index (χ1n) is 9.03. The summed E-state index contributed by atoms with van der Waals surface area (Å²) in [5.74, 6) is 0.786. The second kappa shape index (κ2) is 8.53. The van der Waals surface area contributed by atoms with Gasteiger partial charge < -0.3 is 14.5 Å². The van der Waals surface area contributed by atoms with Gasteiger partial charge in [-0.1, -0.05) is 24.6 Å². The molecule has 0 saturated heterocycles. The van der Waals surface area contributed by atoms with E-state index in [-0.39, 0.29) is 11.5 Å². The highest BCUT2D eigenvalue weighted by molar-refractivity contribution is 7.98. The lowest BCUT2D eigenvalue weighted by Gasteiger charge is -2.16. The van der Waals surface area contributed by atoms with Gasteiger partial charge in [0.2, 0.25) is 0 Å². The van der Waals surface area contributed by atoms with Crippen LogP contribution in [0.5, 0.6) is 0 Å². The molecular formula is C18H25N5O2S. The summed E-state index contributed by atoms with van der Waals surface area (Å²) in [7, 11) is 1.66. The molecule has 0 aromatic carbocycles. The van der Waals surface area contributed by atoms with Crippen LogP contribution < -0.4 is 10.9 Å². The van der Waals surface area contributed by atoms with Gasteiger partial charge in [-0.25, -0.2) is 0 Å². The Balaban J connectivity index is 1.55. The maximum absolute atomic E-state index is 12.2. The Morgan fingerprint density at radius 3 is 2.81 bits per heavy atom. The van der Waals surface area contributed by atoms with E-state index in [1.165, 1.54) is 36.3 Å². The van der Waals surface area contributed by atoms with Crippen molar-refractivity contribution in [3.63, 3.8) is 0 Å². The quantitative estimate of drug-likeness (QED) is 0.592.